The van der Waals surface area contributed by atoms with Crippen molar-refractivity contribution in [2.24, 2.45) is 7.05 Å². The molecule has 1 fully saturated rings. The van der Waals surface area contributed by atoms with E-state index in [0.717, 1.165) is 53.6 Å². The molecule has 1 aliphatic heterocycles. The highest BCUT2D eigenvalue weighted by molar-refractivity contribution is 5.76. The van der Waals surface area contributed by atoms with Gasteiger partial charge in [-0.15, -0.1) is 0 Å². The second-order valence-corrected chi connectivity index (χ2v) is 7.30. The smallest absolute Gasteiger partial charge is 0.163 e. The predicted molar refractivity (Wildman–Crippen MR) is 110 cm³/mol. The fourth-order valence-electron chi connectivity index (χ4n) is 4.09. The molecule has 0 radical (unpaired) electrons. The normalized spacial score (nSPS) is 16.8. The van der Waals surface area contributed by atoms with E-state index in [4.69, 9.17) is 9.97 Å². The molecule has 140 valence electrons. The number of para-hydroxylation sites is 2. The molecule has 0 N–H and O–H groups in total. The Labute approximate surface area is 163 Å². The van der Waals surface area contributed by atoms with Gasteiger partial charge in [0, 0.05) is 43.3 Å². The Bertz CT molecular complexity index is 1130. The molecule has 1 unspecified atom stereocenters. The number of aromatic nitrogens is 5. The third-order valence-electron chi connectivity index (χ3n) is 5.43. The Morgan fingerprint density at radius 1 is 1.04 bits per heavy atom. The molecule has 6 heteroatoms. The summed E-state index contributed by atoms with van der Waals surface area (Å²) in [4.78, 5) is 21.0. The number of nitrogens with zero attached hydrogens (tertiary/aromatic N) is 6. The largest absolute Gasteiger partial charge is 0.346 e. The van der Waals surface area contributed by atoms with Crippen molar-refractivity contribution >= 4 is 16.9 Å². The summed E-state index contributed by atoms with van der Waals surface area (Å²) in [6, 6.07) is 14.5. The molecular formula is C22H22N6. The van der Waals surface area contributed by atoms with E-state index >= 15 is 0 Å². The minimum atomic E-state index is 0.216. The second-order valence-electron chi connectivity index (χ2n) is 7.30. The molecule has 0 amide bonds. The van der Waals surface area contributed by atoms with Crippen molar-refractivity contribution in [3.63, 3.8) is 0 Å². The number of benzene rings is 1. The van der Waals surface area contributed by atoms with Gasteiger partial charge >= 0.3 is 0 Å². The average molecular weight is 370 g/mol. The lowest BCUT2D eigenvalue weighted by Crippen LogP contribution is -2.26. The number of pyridine rings is 1. The van der Waals surface area contributed by atoms with Crippen molar-refractivity contribution in [2.45, 2.75) is 25.8 Å². The molecule has 0 saturated carbocycles. The lowest BCUT2D eigenvalue weighted by atomic mass is 10.2. The molecule has 0 spiro atoms. The maximum absolute atomic E-state index is 4.94. The summed E-state index contributed by atoms with van der Waals surface area (Å²) in [6.45, 7) is 2.99. The van der Waals surface area contributed by atoms with Crippen LogP contribution in [0.2, 0.25) is 0 Å². The quantitative estimate of drug-likeness (QED) is 0.544. The van der Waals surface area contributed by atoms with Gasteiger partial charge in [-0.25, -0.2) is 15.0 Å². The van der Waals surface area contributed by atoms with Crippen molar-refractivity contribution in [1.29, 1.82) is 0 Å². The standard InChI is InChI=1S/C22H22N6/c1-15-13-20(26-21(24-15)16-7-5-11-23-14-16)28-12-6-10-19(28)22-25-17-8-3-4-9-18(17)27(22)2/h3-5,7-9,11,13-14,19H,6,10,12H2,1-2H3. The van der Waals surface area contributed by atoms with E-state index in [2.05, 4.69) is 50.7 Å². The summed E-state index contributed by atoms with van der Waals surface area (Å²) in [6.07, 6.45) is 5.77. The maximum Gasteiger partial charge on any atom is 0.163 e. The highest BCUT2D eigenvalue weighted by Crippen LogP contribution is 2.36. The Balaban J connectivity index is 1.57. The van der Waals surface area contributed by atoms with E-state index < -0.39 is 0 Å². The van der Waals surface area contributed by atoms with Crippen LogP contribution >= 0.6 is 0 Å². The fourth-order valence-corrected chi connectivity index (χ4v) is 4.09. The van der Waals surface area contributed by atoms with Gasteiger partial charge in [-0.2, -0.15) is 0 Å². The summed E-state index contributed by atoms with van der Waals surface area (Å²) in [5.74, 6) is 2.78. The van der Waals surface area contributed by atoms with E-state index in [1.807, 2.05) is 31.3 Å². The van der Waals surface area contributed by atoms with Crippen molar-refractivity contribution in [3.8, 4) is 11.4 Å². The Morgan fingerprint density at radius 3 is 2.75 bits per heavy atom. The van der Waals surface area contributed by atoms with Crippen LogP contribution in [0.5, 0.6) is 0 Å². The fraction of sp³-hybridized carbons (Fsp3) is 0.273. The molecule has 1 atom stereocenters. The Kier molecular flexibility index (Phi) is 4.04. The molecule has 5 rings (SSSR count). The van der Waals surface area contributed by atoms with Crippen LogP contribution in [0.4, 0.5) is 5.82 Å². The van der Waals surface area contributed by atoms with Crippen molar-refractivity contribution in [3.05, 3.63) is 66.4 Å². The lowest BCUT2D eigenvalue weighted by Gasteiger charge is -2.26. The van der Waals surface area contributed by atoms with Crippen molar-refractivity contribution in [2.75, 3.05) is 11.4 Å². The average Bonchev–Trinajstić information content (AvgIpc) is 3.33. The Hall–Kier alpha value is -3.28. The minimum absolute atomic E-state index is 0.216. The molecule has 3 aromatic heterocycles. The topological polar surface area (TPSA) is 59.7 Å². The zero-order valence-corrected chi connectivity index (χ0v) is 16.1. The highest BCUT2D eigenvalue weighted by atomic mass is 15.3. The van der Waals surface area contributed by atoms with Crippen molar-refractivity contribution in [1.82, 2.24) is 24.5 Å². The molecule has 1 aromatic carbocycles. The maximum atomic E-state index is 4.94. The molecular weight excluding hydrogens is 348 g/mol. The second kappa shape index (κ2) is 6.71. The van der Waals surface area contributed by atoms with Gasteiger partial charge in [-0.05, 0) is 44.0 Å². The third kappa shape index (κ3) is 2.81. The number of aryl methyl sites for hydroxylation is 2. The molecule has 1 aliphatic rings. The lowest BCUT2D eigenvalue weighted by molar-refractivity contribution is 0.633. The molecule has 0 bridgehead atoms. The molecule has 28 heavy (non-hydrogen) atoms. The van der Waals surface area contributed by atoms with Gasteiger partial charge in [0.05, 0.1) is 17.1 Å². The number of hydrogen-bond donors (Lipinski definition) is 0. The number of rotatable bonds is 3. The van der Waals surface area contributed by atoms with Gasteiger partial charge in [0.1, 0.15) is 11.6 Å². The number of anilines is 1. The molecule has 4 aromatic rings. The van der Waals surface area contributed by atoms with Crippen LogP contribution in [-0.2, 0) is 7.05 Å². The molecule has 0 aliphatic carbocycles. The van der Waals surface area contributed by atoms with Crippen LogP contribution in [-0.4, -0.2) is 31.0 Å². The van der Waals surface area contributed by atoms with Gasteiger partial charge in [0.15, 0.2) is 5.82 Å². The first-order valence-electron chi connectivity index (χ1n) is 9.65. The predicted octanol–water partition coefficient (Wildman–Crippen LogP) is 4.08. The SMILES string of the molecule is Cc1cc(N2CCCC2c2nc3ccccc3n2C)nc(-c2cccnc2)n1. The molecule has 6 nitrogen and oxygen atoms in total. The van der Waals surface area contributed by atoms with E-state index in [9.17, 15) is 0 Å². The number of hydrogen-bond acceptors (Lipinski definition) is 5. The van der Waals surface area contributed by atoms with Gasteiger partial charge in [-0.1, -0.05) is 12.1 Å². The summed E-state index contributed by atoms with van der Waals surface area (Å²) in [5, 5.41) is 0. The van der Waals surface area contributed by atoms with Crippen LogP contribution in [0.25, 0.3) is 22.4 Å². The van der Waals surface area contributed by atoms with Crippen LogP contribution in [0.15, 0.2) is 54.9 Å². The van der Waals surface area contributed by atoms with Crippen LogP contribution < -0.4 is 4.90 Å². The zero-order chi connectivity index (χ0) is 19.1. The van der Waals surface area contributed by atoms with Crippen LogP contribution in [0, 0.1) is 6.92 Å². The number of fused-ring (bicyclic) bond motifs is 1. The van der Waals surface area contributed by atoms with Crippen LogP contribution in [0.1, 0.15) is 30.4 Å². The van der Waals surface area contributed by atoms with Gasteiger partial charge in [0.2, 0.25) is 0 Å². The van der Waals surface area contributed by atoms with Gasteiger partial charge in [0.25, 0.3) is 0 Å². The Morgan fingerprint density at radius 2 is 1.93 bits per heavy atom. The van der Waals surface area contributed by atoms with E-state index in [-0.39, 0.29) is 6.04 Å². The van der Waals surface area contributed by atoms with E-state index in [1.165, 1.54) is 5.52 Å². The first kappa shape index (κ1) is 16.9. The summed E-state index contributed by atoms with van der Waals surface area (Å²) in [7, 11) is 2.10. The van der Waals surface area contributed by atoms with Gasteiger partial charge in [-0.3, -0.25) is 4.98 Å². The van der Waals surface area contributed by atoms with E-state index in [1.54, 1.807) is 6.20 Å². The highest BCUT2D eigenvalue weighted by Gasteiger charge is 2.31. The summed E-state index contributed by atoms with van der Waals surface area (Å²) >= 11 is 0. The van der Waals surface area contributed by atoms with Gasteiger partial charge < -0.3 is 9.47 Å². The zero-order valence-electron chi connectivity index (χ0n) is 16.1. The molecule has 4 heterocycles. The first-order valence-corrected chi connectivity index (χ1v) is 9.65. The minimum Gasteiger partial charge on any atom is -0.346 e. The molecule has 1 saturated heterocycles. The van der Waals surface area contributed by atoms with E-state index in [0.29, 0.717) is 0 Å². The summed E-state index contributed by atoms with van der Waals surface area (Å²) < 4.78 is 2.22. The number of imidazole rings is 1. The van der Waals surface area contributed by atoms with Crippen LogP contribution in [0.3, 0.4) is 0 Å². The summed E-state index contributed by atoms with van der Waals surface area (Å²) in [5.41, 5.74) is 4.10. The monoisotopic (exact) mass is 370 g/mol. The first-order chi connectivity index (χ1) is 13.7. The third-order valence-corrected chi connectivity index (χ3v) is 5.43. The van der Waals surface area contributed by atoms with Crippen molar-refractivity contribution < 1.29 is 0 Å².